The Kier molecular flexibility index (Phi) is 4.51. The highest BCUT2D eigenvalue weighted by Gasteiger charge is 2.36. The van der Waals surface area contributed by atoms with Gasteiger partial charge < -0.3 is 10.6 Å². The Hall–Kier alpha value is -1.06. The van der Waals surface area contributed by atoms with E-state index in [9.17, 15) is 4.79 Å². The molecule has 4 heteroatoms. The molecule has 0 aromatic heterocycles. The lowest BCUT2D eigenvalue weighted by molar-refractivity contribution is -0.136. The summed E-state index contributed by atoms with van der Waals surface area (Å²) in [6.45, 7) is 0.889. The summed E-state index contributed by atoms with van der Waals surface area (Å²) in [5, 5.41) is 0.805. The first-order valence-corrected chi connectivity index (χ1v) is 8.32. The predicted octanol–water partition coefficient (Wildman–Crippen LogP) is 3.00. The van der Waals surface area contributed by atoms with Gasteiger partial charge in [0.25, 0.3) is 0 Å². The largest absolute Gasteiger partial charge is 0.339 e. The van der Waals surface area contributed by atoms with Crippen molar-refractivity contribution in [3.05, 3.63) is 34.9 Å². The van der Waals surface area contributed by atoms with E-state index in [2.05, 4.69) is 11.0 Å². The van der Waals surface area contributed by atoms with Crippen LogP contribution in [0.2, 0.25) is 5.02 Å². The van der Waals surface area contributed by atoms with E-state index in [1.165, 1.54) is 0 Å². The zero-order valence-corrected chi connectivity index (χ0v) is 13.1. The van der Waals surface area contributed by atoms with Gasteiger partial charge in [-0.25, -0.2) is 0 Å². The fraction of sp³-hybridized carbons (Fsp3) is 0.588. The Morgan fingerprint density at radius 3 is 2.81 bits per heavy atom. The fourth-order valence-corrected chi connectivity index (χ4v) is 3.94. The molecule has 1 saturated carbocycles. The van der Waals surface area contributed by atoms with Crippen molar-refractivity contribution in [2.45, 2.75) is 50.6 Å². The predicted molar refractivity (Wildman–Crippen MR) is 85.2 cm³/mol. The van der Waals surface area contributed by atoms with E-state index in [0.29, 0.717) is 11.9 Å². The van der Waals surface area contributed by atoms with E-state index in [-0.39, 0.29) is 12.0 Å². The van der Waals surface area contributed by atoms with Gasteiger partial charge in [-0.2, -0.15) is 0 Å². The Morgan fingerprint density at radius 2 is 2.10 bits per heavy atom. The van der Waals surface area contributed by atoms with Gasteiger partial charge in [0.05, 0.1) is 0 Å². The second-order valence-corrected chi connectivity index (χ2v) is 6.80. The van der Waals surface area contributed by atoms with E-state index in [0.717, 1.165) is 55.7 Å². The summed E-state index contributed by atoms with van der Waals surface area (Å²) in [7, 11) is 0. The van der Waals surface area contributed by atoms with Crippen LogP contribution in [0, 0.1) is 5.92 Å². The van der Waals surface area contributed by atoms with Gasteiger partial charge in [-0.05, 0) is 50.2 Å². The van der Waals surface area contributed by atoms with Crippen LogP contribution in [0.4, 0.5) is 0 Å². The zero-order valence-electron chi connectivity index (χ0n) is 12.3. The van der Waals surface area contributed by atoms with Crippen molar-refractivity contribution in [2.75, 3.05) is 6.54 Å². The van der Waals surface area contributed by atoms with Gasteiger partial charge in [0.1, 0.15) is 0 Å². The summed E-state index contributed by atoms with van der Waals surface area (Å²) in [5.41, 5.74) is 7.10. The minimum atomic E-state index is 0.145. The number of nitrogens with zero attached hydrogens (tertiary/aromatic N) is 1. The number of nitrogens with two attached hydrogens (primary N) is 1. The number of rotatable bonds is 3. The van der Waals surface area contributed by atoms with Crippen molar-refractivity contribution < 1.29 is 4.79 Å². The maximum atomic E-state index is 12.7. The zero-order chi connectivity index (χ0) is 14.8. The molecule has 1 saturated heterocycles. The molecule has 1 aromatic carbocycles. The van der Waals surface area contributed by atoms with Gasteiger partial charge in [0.2, 0.25) is 5.91 Å². The Balaban J connectivity index is 1.68. The average molecular weight is 307 g/mol. The van der Waals surface area contributed by atoms with Crippen LogP contribution in [0.15, 0.2) is 24.3 Å². The van der Waals surface area contributed by atoms with Crippen LogP contribution in [0.25, 0.3) is 0 Å². The first-order chi connectivity index (χ1) is 10.1. The van der Waals surface area contributed by atoms with Gasteiger partial charge in [0.15, 0.2) is 0 Å². The van der Waals surface area contributed by atoms with E-state index >= 15 is 0 Å². The SMILES string of the molecule is N[C@@H]1CC[C@@H](C(=O)N2CCC[C@@H]2Cc2ccccc2Cl)C1. The molecule has 3 rings (SSSR count). The molecule has 1 aromatic rings. The quantitative estimate of drug-likeness (QED) is 0.933. The molecule has 0 unspecified atom stereocenters. The molecule has 0 bridgehead atoms. The standard InChI is InChI=1S/C17H23ClN2O/c18-16-6-2-1-4-12(16)11-15-5-3-9-20(15)17(21)13-7-8-14(19)10-13/h1-2,4,6,13-15H,3,5,7-11,19H2/t13-,14-,15-/m1/s1. The molecular weight excluding hydrogens is 284 g/mol. The highest BCUT2D eigenvalue weighted by Crippen LogP contribution is 2.31. The smallest absolute Gasteiger partial charge is 0.226 e. The third kappa shape index (κ3) is 3.24. The van der Waals surface area contributed by atoms with Gasteiger partial charge >= 0.3 is 0 Å². The van der Waals surface area contributed by atoms with Gasteiger partial charge in [0, 0.05) is 29.6 Å². The molecule has 3 atom stereocenters. The van der Waals surface area contributed by atoms with Crippen LogP contribution in [0.3, 0.4) is 0 Å². The first kappa shape index (κ1) is 14.9. The van der Waals surface area contributed by atoms with Crippen LogP contribution in [-0.2, 0) is 11.2 Å². The van der Waals surface area contributed by atoms with E-state index in [4.69, 9.17) is 17.3 Å². The third-order valence-corrected chi connectivity index (χ3v) is 5.26. The first-order valence-electron chi connectivity index (χ1n) is 7.94. The number of benzene rings is 1. The van der Waals surface area contributed by atoms with Crippen molar-refractivity contribution in [1.82, 2.24) is 4.90 Å². The maximum Gasteiger partial charge on any atom is 0.226 e. The average Bonchev–Trinajstić information content (AvgIpc) is 3.10. The number of carbonyl (C=O) groups is 1. The lowest BCUT2D eigenvalue weighted by atomic mass is 10.0. The second kappa shape index (κ2) is 6.37. The number of halogens is 1. The van der Waals surface area contributed by atoms with Crippen LogP contribution < -0.4 is 5.73 Å². The van der Waals surface area contributed by atoms with Crippen LogP contribution in [-0.4, -0.2) is 29.4 Å². The van der Waals surface area contributed by atoms with Crippen molar-refractivity contribution in [3.63, 3.8) is 0 Å². The van der Waals surface area contributed by atoms with Crippen molar-refractivity contribution >= 4 is 17.5 Å². The van der Waals surface area contributed by atoms with Crippen molar-refractivity contribution in [3.8, 4) is 0 Å². The van der Waals surface area contributed by atoms with E-state index < -0.39 is 0 Å². The molecule has 2 N–H and O–H groups in total. The third-order valence-electron chi connectivity index (χ3n) is 4.90. The molecule has 1 heterocycles. The lowest BCUT2D eigenvalue weighted by Gasteiger charge is -2.28. The van der Waals surface area contributed by atoms with E-state index in [1.54, 1.807) is 0 Å². The molecule has 0 radical (unpaired) electrons. The Morgan fingerprint density at radius 1 is 1.29 bits per heavy atom. The van der Waals surface area contributed by atoms with Crippen LogP contribution >= 0.6 is 11.6 Å². The summed E-state index contributed by atoms with van der Waals surface area (Å²) in [5.74, 6) is 0.462. The van der Waals surface area contributed by atoms with Crippen molar-refractivity contribution in [1.29, 1.82) is 0 Å². The molecule has 114 valence electrons. The number of likely N-dealkylation sites (tertiary alicyclic amines) is 1. The summed E-state index contributed by atoms with van der Waals surface area (Å²) in [6, 6.07) is 8.46. The maximum absolute atomic E-state index is 12.7. The van der Waals surface area contributed by atoms with Crippen molar-refractivity contribution in [2.24, 2.45) is 11.7 Å². The number of hydrogen-bond donors (Lipinski definition) is 1. The summed E-state index contributed by atoms with van der Waals surface area (Å²) in [4.78, 5) is 14.8. The molecule has 1 aliphatic heterocycles. The highest BCUT2D eigenvalue weighted by molar-refractivity contribution is 6.31. The molecule has 21 heavy (non-hydrogen) atoms. The molecule has 1 amide bonds. The normalized spacial score (nSPS) is 29.0. The topological polar surface area (TPSA) is 46.3 Å². The van der Waals surface area contributed by atoms with Crippen LogP contribution in [0.5, 0.6) is 0 Å². The summed E-state index contributed by atoms with van der Waals surface area (Å²) < 4.78 is 0. The number of amides is 1. The summed E-state index contributed by atoms with van der Waals surface area (Å²) in [6.07, 6.45) is 5.84. The van der Waals surface area contributed by atoms with Gasteiger partial charge in [-0.3, -0.25) is 4.79 Å². The number of carbonyl (C=O) groups excluding carboxylic acids is 1. The van der Waals surface area contributed by atoms with E-state index in [1.807, 2.05) is 18.2 Å². The Bertz CT molecular complexity index is 519. The molecule has 0 spiro atoms. The lowest BCUT2D eigenvalue weighted by Crippen LogP contribution is -2.40. The molecular formula is C17H23ClN2O. The monoisotopic (exact) mass is 306 g/mol. The number of hydrogen-bond acceptors (Lipinski definition) is 2. The van der Waals surface area contributed by atoms with Gasteiger partial charge in [-0.15, -0.1) is 0 Å². The molecule has 1 aliphatic carbocycles. The summed E-state index contributed by atoms with van der Waals surface area (Å²) >= 11 is 6.26. The molecule has 2 aliphatic rings. The molecule has 2 fully saturated rings. The highest BCUT2D eigenvalue weighted by atomic mass is 35.5. The Labute approximate surface area is 131 Å². The second-order valence-electron chi connectivity index (χ2n) is 6.39. The fourth-order valence-electron chi connectivity index (χ4n) is 3.73. The minimum Gasteiger partial charge on any atom is -0.339 e. The minimum absolute atomic E-state index is 0.145. The van der Waals surface area contributed by atoms with Crippen LogP contribution in [0.1, 0.15) is 37.7 Å². The van der Waals surface area contributed by atoms with Gasteiger partial charge in [-0.1, -0.05) is 29.8 Å². The molecule has 3 nitrogen and oxygen atoms in total.